The van der Waals surface area contributed by atoms with Crippen molar-refractivity contribution >= 4 is 24.6 Å². The Morgan fingerprint density at radius 2 is 2.04 bits per heavy atom. The first kappa shape index (κ1) is 20.3. The third-order valence-corrected chi connectivity index (χ3v) is 4.50. The smallest absolute Gasteiger partial charge is 0.426 e. The van der Waals surface area contributed by atoms with Crippen LogP contribution in [0.4, 0.5) is 5.82 Å². The number of hydrogen-bond acceptors (Lipinski definition) is 7. The summed E-state index contributed by atoms with van der Waals surface area (Å²) in [5.41, 5.74) is 0.816. The Labute approximate surface area is 154 Å². The maximum Gasteiger partial charge on any atom is 0.475 e. The maximum atomic E-state index is 12.4. The van der Waals surface area contributed by atoms with Gasteiger partial charge in [0.15, 0.2) is 11.6 Å². The van der Waals surface area contributed by atoms with Gasteiger partial charge in [0.25, 0.3) is 0 Å². The second-order valence-corrected chi connectivity index (χ2v) is 7.21. The number of carbonyl (C=O) groups excluding carboxylic acids is 2. The molecule has 26 heavy (non-hydrogen) atoms. The van der Waals surface area contributed by atoms with Gasteiger partial charge in [-0.25, -0.2) is 0 Å². The number of carbonyl (C=O) groups is 2. The Hall–Kier alpha value is -2.00. The first-order valence-electron chi connectivity index (χ1n) is 9.03. The van der Waals surface area contributed by atoms with Crippen molar-refractivity contribution in [2.75, 3.05) is 11.4 Å². The molecule has 0 saturated carbocycles. The Bertz CT molecular complexity index is 624. The molecule has 0 radical (unpaired) electrons. The van der Waals surface area contributed by atoms with Gasteiger partial charge in [0, 0.05) is 19.4 Å². The fourth-order valence-corrected chi connectivity index (χ4v) is 2.99. The molecule has 142 valence electrons. The molecule has 1 aromatic heterocycles. The molecule has 0 spiro atoms. The summed E-state index contributed by atoms with van der Waals surface area (Å²) >= 11 is 0. The zero-order chi connectivity index (χ0) is 19.3. The molecule has 1 amide bonds. The number of anilines is 1. The van der Waals surface area contributed by atoms with Crippen LogP contribution in [0.1, 0.15) is 45.2 Å². The zero-order valence-electron chi connectivity index (χ0n) is 15.6. The van der Waals surface area contributed by atoms with Crippen LogP contribution < -0.4 is 10.2 Å². The summed E-state index contributed by atoms with van der Waals surface area (Å²) in [5.74, 6) is -0.203. The normalized spacial score (nSPS) is 17.6. The van der Waals surface area contributed by atoms with Crippen LogP contribution in [0.2, 0.25) is 0 Å². The van der Waals surface area contributed by atoms with Crippen molar-refractivity contribution in [2.24, 2.45) is 5.92 Å². The zero-order valence-corrected chi connectivity index (χ0v) is 15.6. The Morgan fingerprint density at radius 3 is 2.54 bits per heavy atom. The fourth-order valence-electron chi connectivity index (χ4n) is 2.99. The van der Waals surface area contributed by atoms with Gasteiger partial charge in [-0.05, 0) is 37.8 Å². The monoisotopic (exact) mass is 362 g/mol. The fraction of sp³-hybridized carbons (Fsp3) is 0.647. The lowest BCUT2D eigenvalue weighted by Crippen LogP contribution is -2.53. The number of aromatic nitrogens is 2. The van der Waals surface area contributed by atoms with E-state index in [9.17, 15) is 19.6 Å². The van der Waals surface area contributed by atoms with Gasteiger partial charge in [-0.2, -0.15) is 5.10 Å². The van der Waals surface area contributed by atoms with Gasteiger partial charge in [0.2, 0.25) is 5.91 Å². The molecule has 0 bridgehead atoms. The molecule has 1 unspecified atom stereocenters. The highest BCUT2D eigenvalue weighted by Crippen LogP contribution is 2.25. The topological polar surface area (TPSA) is 116 Å². The lowest BCUT2D eigenvalue weighted by molar-refractivity contribution is -0.126. The minimum absolute atomic E-state index is 0.0151. The van der Waals surface area contributed by atoms with Crippen molar-refractivity contribution in [1.29, 1.82) is 0 Å². The number of hydrogen-bond donors (Lipinski definition) is 3. The summed E-state index contributed by atoms with van der Waals surface area (Å²) < 4.78 is 0. The largest absolute Gasteiger partial charge is 0.475 e. The predicted octanol–water partition coefficient (Wildman–Crippen LogP) is 0.256. The molecule has 3 N–H and O–H groups in total. The number of amides is 1. The third kappa shape index (κ3) is 5.50. The standard InChI is InChI=1S/C17H27BN4O4/c1-11(2)10-15(18(25)26)19-17(24)7-5-14(23)13-8-9-22(13)16-6-4-12(3)20-21-16/h4,6,11,13,15,25-26H,5,7-10H2,1-3H3,(H,19,24)/t13-,15?/m0/s1. The predicted molar refractivity (Wildman–Crippen MR) is 98.3 cm³/mol. The first-order valence-corrected chi connectivity index (χ1v) is 9.03. The SMILES string of the molecule is Cc1ccc(N2CC[C@H]2C(=O)CCC(=O)NC(CC(C)C)B(O)O)nn1. The van der Waals surface area contributed by atoms with Gasteiger partial charge in [-0.3, -0.25) is 9.59 Å². The average molecular weight is 362 g/mol. The number of nitrogens with one attached hydrogen (secondary N) is 1. The molecule has 2 atom stereocenters. The molecule has 1 aliphatic heterocycles. The second-order valence-electron chi connectivity index (χ2n) is 7.21. The number of nitrogens with zero attached hydrogens (tertiary/aromatic N) is 3. The van der Waals surface area contributed by atoms with Gasteiger partial charge in [-0.1, -0.05) is 13.8 Å². The molecule has 1 aromatic rings. The van der Waals surface area contributed by atoms with E-state index >= 15 is 0 Å². The van der Waals surface area contributed by atoms with Crippen LogP contribution in [-0.4, -0.2) is 57.6 Å². The van der Waals surface area contributed by atoms with E-state index in [-0.39, 0.29) is 36.5 Å². The summed E-state index contributed by atoms with van der Waals surface area (Å²) in [4.78, 5) is 26.3. The highest BCUT2D eigenvalue weighted by Gasteiger charge is 2.35. The first-order chi connectivity index (χ1) is 12.3. The van der Waals surface area contributed by atoms with E-state index in [1.54, 1.807) is 0 Å². The Kier molecular flexibility index (Phi) is 7.10. The van der Waals surface area contributed by atoms with E-state index < -0.39 is 13.1 Å². The minimum Gasteiger partial charge on any atom is -0.426 e. The molecule has 0 aliphatic carbocycles. The Morgan fingerprint density at radius 1 is 1.31 bits per heavy atom. The minimum atomic E-state index is -1.61. The van der Waals surface area contributed by atoms with E-state index in [2.05, 4.69) is 15.5 Å². The molecule has 2 rings (SSSR count). The highest BCUT2D eigenvalue weighted by molar-refractivity contribution is 6.43. The molecule has 1 aliphatic rings. The van der Waals surface area contributed by atoms with Crippen LogP contribution in [0.5, 0.6) is 0 Å². The van der Waals surface area contributed by atoms with Crippen LogP contribution in [0.25, 0.3) is 0 Å². The lowest BCUT2D eigenvalue weighted by Gasteiger charge is -2.40. The second kappa shape index (κ2) is 9.09. The molecule has 0 aromatic carbocycles. The van der Waals surface area contributed by atoms with Crippen LogP contribution in [0, 0.1) is 12.8 Å². The van der Waals surface area contributed by atoms with Crippen molar-refractivity contribution in [1.82, 2.24) is 15.5 Å². The molecule has 2 heterocycles. The molecular formula is C17H27BN4O4. The van der Waals surface area contributed by atoms with E-state index in [0.717, 1.165) is 18.7 Å². The summed E-state index contributed by atoms with van der Waals surface area (Å²) in [6, 6.07) is 3.42. The number of aryl methyl sites for hydroxylation is 1. The van der Waals surface area contributed by atoms with Gasteiger partial charge >= 0.3 is 7.12 Å². The number of Topliss-reactive ketones (excluding diaryl/α,β-unsaturated/α-hetero) is 1. The van der Waals surface area contributed by atoms with Crippen LogP contribution in [-0.2, 0) is 9.59 Å². The van der Waals surface area contributed by atoms with E-state index in [4.69, 9.17) is 0 Å². The van der Waals surface area contributed by atoms with Gasteiger partial charge in [0.05, 0.1) is 17.7 Å². The molecule has 1 saturated heterocycles. The Balaban J connectivity index is 1.82. The van der Waals surface area contributed by atoms with E-state index in [0.29, 0.717) is 12.2 Å². The highest BCUT2D eigenvalue weighted by atomic mass is 16.4. The molecule has 8 nitrogen and oxygen atoms in total. The van der Waals surface area contributed by atoms with E-state index in [1.165, 1.54) is 0 Å². The quantitative estimate of drug-likeness (QED) is 0.540. The van der Waals surface area contributed by atoms with Crippen molar-refractivity contribution < 1.29 is 19.6 Å². The summed E-state index contributed by atoms with van der Waals surface area (Å²) in [5, 5.41) is 29.4. The van der Waals surface area contributed by atoms with Crippen molar-refractivity contribution in [3.63, 3.8) is 0 Å². The third-order valence-electron chi connectivity index (χ3n) is 4.50. The van der Waals surface area contributed by atoms with Gasteiger partial charge < -0.3 is 20.3 Å². The molecule has 1 fully saturated rings. The van der Waals surface area contributed by atoms with Crippen LogP contribution in [0.3, 0.4) is 0 Å². The maximum absolute atomic E-state index is 12.4. The van der Waals surface area contributed by atoms with Crippen molar-refractivity contribution in [2.45, 2.75) is 58.4 Å². The van der Waals surface area contributed by atoms with Crippen molar-refractivity contribution in [3.05, 3.63) is 17.8 Å². The number of rotatable bonds is 9. The number of ketones is 1. The van der Waals surface area contributed by atoms with E-state index in [1.807, 2.05) is 37.8 Å². The molecular weight excluding hydrogens is 335 g/mol. The lowest BCUT2D eigenvalue weighted by atomic mass is 9.75. The summed E-state index contributed by atoms with van der Waals surface area (Å²) in [6.07, 6.45) is 1.34. The van der Waals surface area contributed by atoms with Crippen LogP contribution in [0.15, 0.2) is 12.1 Å². The van der Waals surface area contributed by atoms with Crippen LogP contribution >= 0.6 is 0 Å². The average Bonchev–Trinajstić information content (AvgIpc) is 2.53. The summed E-state index contributed by atoms with van der Waals surface area (Å²) in [7, 11) is -1.61. The molecule has 9 heteroatoms. The summed E-state index contributed by atoms with van der Waals surface area (Å²) in [6.45, 7) is 6.46. The van der Waals surface area contributed by atoms with Gasteiger partial charge in [-0.15, -0.1) is 5.10 Å². The van der Waals surface area contributed by atoms with Crippen molar-refractivity contribution in [3.8, 4) is 0 Å². The van der Waals surface area contributed by atoms with Gasteiger partial charge in [0.1, 0.15) is 0 Å².